The van der Waals surface area contributed by atoms with E-state index in [2.05, 4.69) is 5.32 Å². The van der Waals surface area contributed by atoms with E-state index in [0.717, 1.165) is 22.9 Å². The van der Waals surface area contributed by atoms with Gasteiger partial charge in [-0.25, -0.2) is 8.42 Å². The van der Waals surface area contributed by atoms with Gasteiger partial charge >= 0.3 is 0 Å². The van der Waals surface area contributed by atoms with E-state index in [4.69, 9.17) is 4.74 Å². The first-order chi connectivity index (χ1) is 11.3. The Morgan fingerprint density at radius 1 is 1.12 bits per heavy atom. The molecule has 2 aromatic rings. The second-order valence-corrected chi connectivity index (χ2v) is 7.65. The van der Waals surface area contributed by atoms with Crippen LogP contribution in [0.2, 0.25) is 0 Å². The molecule has 1 N–H and O–H groups in total. The highest BCUT2D eigenvalue weighted by atomic mass is 32.2. The number of ether oxygens (including phenoxy) is 1. The van der Waals surface area contributed by atoms with Crippen molar-refractivity contribution in [1.29, 1.82) is 0 Å². The number of benzene rings is 2. The fourth-order valence-corrected chi connectivity index (χ4v) is 3.02. The number of nitrogens with one attached hydrogen (secondary N) is 1. The monoisotopic (exact) mass is 347 g/mol. The molecule has 0 aromatic heterocycles. The Balaban J connectivity index is 2.19. The zero-order valence-corrected chi connectivity index (χ0v) is 14.8. The lowest BCUT2D eigenvalue weighted by Crippen LogP contribution is -2.24. The number of sulfone groups is 1. The summed E-state index contributed by atoms with van der Waals surface area (Å²) in [7, 11) is -1.73. The van der Waals surface area contributed by atoms with Crippen LogP contribution in [0.25, 0.3) is 0 Å². The standard InChI is InChI=1S/C18H21NO4S/c1-13-8-9-16(24(3,21)22)10-17(13)18(20)19-11-14-6-4-5-7-15(14)12-23-2/h4-10H,11-12H2,1-3H3,(H,19,20). The molecule has 24 heavy (non-hydrogen) atoms. The van der Waals surface area contributed by atoms with Gasteiger partial charge in [0.25, 0.3) is 5.91 Å². The third kappa shape index (κ3) is 4.43. The first kappa shape index (κ1) is 18.2. The van der Waals surface area contributed by atoms with Crippen LogP contribution in [0.4, 0.5) is 0 Å². The minimum absolute atomic E-state index is 0.137. The Kier molecular flexibility index (Phi) is 5.75. The molecule has 6 heteroatoms. The Morgan fingerprint density at radius 3 is 2.42 bits per heavy atom. The van der Waals surface area contributed by atoms with Crippen molar-refractivity contribution >= 4 is 15.7 Å². The number of amides is 1. The second-order valence-electron chi connectivity index (χ2n) is 5.63. The minimum Gasteiger partial charge on any atom is -0.380 e. The molecule has 0 aliphatic rings. The van der Waals surface area contributed by atoms with Gasteiger partial charge in [0.15, 0.2) is 9.84 Å². The van der Waals surface area contributed by atoms with E-state index in [0.29, 0.717) is 18.7 Å². The third-order valence-corrected chi connectivity index (χ3v) is 4.85. The molecule has 0 aliphatic carbocycles. The highest BCUT2D eigenvalue weighted by molar-refractivity contribution is 7.90. The Hall–Kier alpha value is -2.18. The molecule has 2 rings (SSSR count). The number of hydrogen-bond acceptors (Lipinski definition) is 4. The molecule has 0 saturated carbocycles. The van der Waals surface area contributed by atoms with Crippen LogP contribution in [0.5, 0.6) is 0 Å². The van der Waals surface area contributed by atoms with E-state index in [1.165, 1.54) is 12.1 Å². The summed E-state index contributed by atoms with van der Waals surface area (Å²) in [6.45, 7) is 2.59. The van der Waals surface area contributed by atoms with E-state index in [1.807, 2.05) is 24.3 Å². The van der Waals surface area contributed by atoms with Crippen molar-refractivity contribution in [2.24, 2.45) is 0 Å². The Labute approximate surface area is 142 Å². The largest absolute Gasteiger partial charge is 0.380 e. The fourth-order valence-electron chi connectivity index (χ4n) is 2.37. The molecule has 0 aliphatic heterocycles. The van der Waals surface area contributed by atoms with Gasteiger partial charge in [0.2, 0.25) is 0 Å². The Bertz CT molecular complexity index is 844. The molecule has 2 aromatic carbocycles. The molecule has 0 bridgehead atoms. The average molecular weight is 347 g/mol. The predicted octanol–water partition coefficient (Wildman–Crippen LogP) is 2.47. The quantitative estimate of drug-likeness (QED) is 0.871. The lowest BCUT2D eigenvalue weighted by molar-refractivity contribution is 0.0949. The molecule has 0 atom stereocenters. The maximum atomic E-state index is 12.4. The normalized spacial score (nSPS) is 11.3. The summed E-state index contributed by atoms with van der Waals surface area (Å²) in [5.41, 5.74) is 3.05. The molecule has 128 valence electrons. The number of methoxy groups -OCH3 is 1. The highest BCUT2D eigenvalue weighted by Gasteiger charge is 2.14. The van der Waals surface area contributed by atoms with E-state index < -0.39 is 9.84 Å². The molecule has 0 fully saturated rings. The highest BCUT2D eigenvalue weighted by Crippen LogP contribution is 2.16. The maximum Gasteiger partial charge on any atom is 0.251 e. The van der Waals surface area contributed by atoms with Crippen LogP contribution in [-0.4, -0.2) is 27.7 Å². The average Bonchev–Trinajstić information content (AvgIpc) is 2.53. The minimum atomic E-state index is -3.35. The summed E-state index contributed by atoms with van der Waals surface area (Å²) in [4.78, 5) is 12.6. The lowest BCUT2D eigenvalue weighted by Gasteiger charge is -2.12. The summed E-state index contributed by atoms with van der Waals surface area (Å²) in [6.07, 6.45) is 1.13. The van der Waals surface area contributed by atoms with Crippen LogP contribution in [-0.2, 0) is 27.7 Å². The number of carbonyl (C=O) groups excluding carboxylic acids is 1. The van der Waals surface area contributed by atoms with E-state index in [1.54, 1.807) is 20.1 Å². The zero-order chi connectivity index (χ0) is 17.7. The number of aryl methyl sites for hydroxylation is 1. The van der Waals surface area contributed by atoms with Crippen LogP contribution in [0.3, 0.4) is 0 Å². The van der Waals surface area contributed by atoms with Crippen molar-refractivity contribution in [3.8, 4) is 0 Å². The number of hydrogen-bond donors (Lipinski definition) is 1. The number of rotatable bonds is 6. The van der Waals surface area contributed by atoms with E-state index >= 15 is 0 Å². The van der Waals surface area contributed by atoms with Crippen LogP contribution in [0.15, 0.2) is 47.4 Å². The van der Waals surface area contributed by atoms with Crippen LogP contribution in [0.1, 0.15) is 27.0 Å². The summed E-state index contributed by atoms with van der Waals surface area (Å²) >= 11 is 0. The topological polar surface area (TPSA) is 72.5 Å². The molecule has 0 saturated heterocycles. The first-order valence-electron chi connectivity index (χ1n) is 7.47. The van der Waals surface area contributed by atoms with Gasteiger partial charge in [0.05, 0.1) is 11.5 Å². The van der Waals surface area contributed by atoms with Gasteiger partial charge in [0, 0.05) is 25.5 Å². The summed E-state index contributed by atoms with van der Waals surface area (Å²) in [6, 6.07) is 12.3. The van der Waals surface area contributed by atoms with Crippen LogP contribution in [0, 0.1) is 6.92 Å². The van der Waals surface area contributed by atoms with Gasteiger partial charge < -0.3 is 10.1 Å². The molecular formula is C18H21NO4S. The lowest BCUT2D eigenvalue weighted by atomic mass is 10.1. The first-order valence-corrected chi connectivity index (χ1v) is 9.36. The molecule has 1 amide bonds. The molecule has 0 heterocycles. The molecular weight excluding hydrogens is 326 g/mol. The molecule has 0 radical (unpaired) electrons. The second kappa shape index (κ2) is 7.59. The van der Waals surface area contributed by atoms with E-state index in [9.17, 15) is 13.2 Å². The Morgan fingerprint density at radius 2 is 1.79 bits per heavy atom. The maximum absolute atomic E-state index is 12.4. The van der Waals surface area contributed by atoms with Crippen molar-refractivity contribution in [2.45, 2.75) is 25.0 Å². The van der Waals surface area contributed by atoms with Crippen LogP contribution < -0.4 is 5.32 Å². The van der Waals surface area contributed by atoms with Crippen molar-refractivity contribution in [1.82, 2.24) is 5.32 Å². The molecule has 0 spiro atoms. The van der Waals surface area contributed by atoms with Gasteiger partial charge in [-0.3, -0.25) is 4.79 Å². The van der Waals surface area contributed by atoms with Crippen molar-refractivity contribution in [3.05, 3.63) is 64.7 Å². The zero-order valence-electron chi connectivity index (χ0n) is 14.0. The smallest absolute Gasteiger partial charge is 0.251 e. The van der Waals surface area contributed by atoms with Gasteiger partial charge in [-0.2, -0.15) is 0 Å². The van der Waals surface area contributed by atoms with Crippen LogP contribution >= 0.6 is 0 Å². The third-order valence-electron chi connectivity index (χ3n) is 3.74. The van der Waals surface area contributed by atoms with Gasteiger partial charge in [-0.05, 0) is 35.7 Å². The summed E-state index contributed by atoms with van der Waals surface area (Å²) in [5, 5.41) is 2.84. The SMILES string of the molecule is COCc1ccccc1CNC(=O)c1cc(S(C)(=O)=O)ccc1C. The van der Waals surface area contributed by atoms with Crippen molar-refractivity contribution in [2.75, 3.05) is 13.4 Å². The molecule has 5 nitrogen and oxygen atoms in total. The van der Waals surface area contributed by atoms with Crippen molar-refractivity contribution < 1.29 is 17.9 Å². The molecule has 0 unspecified atom stereocenters. The van der Waals surface area contributed by atoms with E-state index in [-0.39, 0.29) is 10.8 Å². The summed E-state index contributed by atoms with van der Waals surface area (Å²) in [5.74, 6) is -0.301. The van der Waals surface area contributed by atoms with Crippen molar-refractivity contribution in [3.63, 3.8) is 0 Å². The van der Waals surface area contributed by atoms with Gasteiger partial charge in [0.1, 0.15) is 0 Å². The van der Waals surface area contributed by atoms with Gasteiger partial charge in [-0.1, -0.05) is 30.3 Å². The fraction of sp³-hybridized carbons (Fsp3) is 0.278. The predicted molar refractivity (Wildman–Crippen MR) is 92.6 cm³/mol. The summed E-state index contributed by atoms with van der Waals surface area (Å²) < 4.78 is 28.5. The van der Waals surface area contributed by atoms with Gasteiger partial charge in [-0.15, -0.1) is 0 Å². The number of carbonyl (C=O) groups is 1.